The van der Waals surface area contributed by atoms with Gasteiger partial charge in [-0.15, -0.1) is 0 Å². The lowest BCUT2D eigenvalue weighted by molar-refractivity contribution is -0.137. The topological polar surface area (TPSA) is 85.2 Å². The monoisotopic (exact) mass is 733 g/mol. The van der Waals surface area contributed by atoms with Crippen LogP contribution in [0.2, 0.25) is 0 Å². The number of fused-ring (bicyclic) bond motifs is 6. The van der Waals surface area contributed by atoms with Crippen molar-refractivity contribution >= 4 is 43.6 Å². The van der Waals surface area contributed by atoms with E-state index >= 15 is 0 Å². The molecule has 0 aliphatic rings. The summed E-state index contributed by atoms with van der Waals surface area (Å²) in [6.45, 7) is 0. The zero-order valence-corrected chi connectivity index (χ0v) is 29.3. The molecule has 0 spiro atoms. The molecule has 266 valence electrons. The highest BCUT2D eigenvalue weighted by Crippen LogP contribution is 2.45. The molecule has 10 heteroatoms. The van der Waals surface area contributed by atoms with Crippen LogP contribution in [-0.2, 0) is 6.18 Å². The molecule has 10 aromatic rings. The van der Waals surface area contributed by atoms with E-state index in [0.717, 1.165) is 49.7 Å². The second-order valence-electron chi connectivity index (χ2n) is 13.3. The molecular weight excluding hydrogens is 708 g/mol. The highest BCUT2D eigenvalue weighted by molar-refractivity contribution is 6.12. The van der Waals surface area contributed by atoms with Crippen LogP contribution >= 0.6 is 0 Å². The summed E-state index contributed by atoms with van der Waals surface area (Å²) in [6.07, 6.45) is 2.02. The lowest BCUT2D eigenvalue weighted by Crippen LogP contribution is -2.10. The lowest BCUT2D eigenvalue weighted by Gasteiger charge is -2.22. The van der Waals surface area contributed by atoms with Gasteiger partial charge in [-0.3, -0.25) is 0 Å². The Hall–Kier alpha value is -7.64. The molecule has 10 rings (SSSR count). The fraction of sp³-hybridized carbons (Fsp3) is 0.0217. The van der Waals surface area contributed by atoms with Gasteiger partial charge >= 0.3 is 6.18 Å². The molecule has 0 aliphatic heterocycles. The van der Waals surface area contributed by atoms with Gasteiger partial charge in [-0.25, -0.2) is 19.9 Å². The molecule has 0 radical (unpaired) electrons. The van der Waals surface area contributed by atoms with E-state index in [0.29, 0.717) is 34.1 Å². The van der Waals surface area contributed by atoms with E-state index in [4.69, 9.17) is 0 Å². The first-order chi connectivity index (χ1) is 27.4. The fourth-order valence-electron chi connectivity index (χ4n) is 7.91. The summed E-state index contributed by atoms with van der Waals surface area (Å²) in [6, 6.07) is 42.4. The van der Waals surface area contributed by atoms with E-state index in [2.05, 4.69) is 26.0 Å². The van der Waals surface area contributed by atoms with Crippen molar-refractivity contribution < 1.29 is 13.2 Å². The summed E-state index contributed by atoms with van der Waals surface area (Å²) >= 11 is 0. The summed E-state index contributed by atoms with van der Waals surface area (Å²) in [4.78, 5) is 17.9. The number of halogens is 3. The Morgan fingerprint density at radius 3 is 1.55 bits per heavy atom. The second kappa shape index (κ2) is 12.7. The van der Waals surface area contributed by atoms with Gasteiger partial charge in [0, 0.05) is 63.0 Å². The maximum absolute atomic E-state index is 14.9. The van der Waals surface area contributed by atoms with E-state index < -0.39 is 11.7 Å². The molecule has 0 amide bonds. The van der Waals surface area contributed by atoms with Crippen LogP contribution in [0.5, 0.6) is 0 Å². The smallest absolute Gasteiger partial charge is 0.308 e. The number of nitriles is 1. The Bertz CT molecular complexity index is 3200. The molecule has 7 nitrogen and oxygen atoms in total. The van der Waals surface area contributed by atoms with Gasteiger partial charge in [0.25, 0.3) is 0 Å². The first kappa shape index (κ1) is 33.0. The Balaban J connectivity index is 1.37. The van der Waals surface area contributed by atoms with E-state index in [9.17, 15) is 18.4 Å². The number of nitrogens with zero attached hydrogens (tertiary/aromatic N) is 7. The minimum atomic E-state index is -4.67. The zero-order valence-electron chi connectivity index (χ0n) is 29.3. The molecule has 6 aromatic carbocycles. The van der Waals surface area contributed by atoms with Crippen molar-refractivity contribution in [2.24, 2.45) is 0 Å². The quantitative estimate of drug-likeness (QED) is 0.176. The third-order valence-corrected chi connectivity index (χ3v) is 10.3. The summed E-state index contributed by atoms with van der Waals surface area (Å²) < 4.78 is 48.5. The number of hydrogen-bond donors (Lipinski definition) is 0. The van der Waals surface area contributed by atoms with E-state index in [1.165, 1.54) is 12.1 Å². The van der Waals surface area contributed by atoms with Gasteiger partial charge in [0.15, 0.2) is 11.6 Å². The average molecular weight is 734 g/mol. The molecular formula is C46H26F3N7. The number of para-hydroxylation sites is 2. The van der Waals surface area contributed by atoms with Gasteiger partial charge in [0.1, 0.15) is 11.6 Å². The number of rotatable bonds is 5. The summed E-state index contributed by atoms with van der Waals surface area (Å²) in [5, 5.41) is 15.0. The molecule has 4 heterocycles. The van der Waals surface area contributed by atoms with Crippen LogP contribution in [0.1, 0.15) is 11.1 Å². The molecule has 0 aliphatic carbocycles. The molecule has 0 unspecified atom stereocenters. The molecule has 0 atom stereocenters. The van der Waals surface area contributed by atoms with E-state index in [-0.39, 0.29) is 16.7 Å². The van der Waals surface area contributed by atoms with Crippen molar-refractivity contribution in [3.63, 3.8) is 0 Å². The highest BCUT2D eigenvalue weighted by Gasteiger charge is 2.35. The van der Waals surface area contributed by atoms with Gasteiger partial charge in [-0.1, -0.05) is 84.9 Å². The maximum Gasteiger partial charge on any atom is 0.417 e. The van der Waals surface area contributed by atoms with Crippen LogP contribution in [0.4, 0.5) is 13.2 Å². The summed E-state index contributed by atoms with van der Waals surface area (Å²) in [7, 11) is 0. The SMILES string of the molecule is N#Cc1c(-n2c3ccccc3c3ccc(-c4ncccn4)cc32)ccc(-c2ccccc2C(F)(F)F)c1-n1c2ccccc2c2ccc(-c3ncccn3)cc21. The Morgan fingerprint density at radius 1 is 0.482 bits per heavy atom. The van der Waals surface area contributed by atoms with Crippen molar-refractivity contribution in [2.75, 3.05) is 0 Å². The van der Waals surface area contributed by atoms with Gasteiger partial charge < -0.3 is 9.13 Å². The van der Waals surface area contributed by atoms with Gasteiger partial charge in [-0.05, 0) is 54.1 Å². The molecule has 0 bridgehead atoms. The Labute approximate surface area is 317 Å². The highest BCUT2D eigenvalue weighted by atomic mass is 19.4. The first-order valence-electron chi connectivity index (χ1n) is 17.8. The van der Waals surface area contributed by atoms with Crippen LogP contribution in [0.3, 0.4) is 0 Å². The van der Waals surface area contributed by atoms with Crippen molar-refractivity contribution in [1.29, 1.82) is 5.26 Å². The molecule has 56 heavy (non-hydrogen) atoms. The first-order valence-corrected chi connectivity index (χ1v) is 17.8. The van der Waals surface area contributed by atoms with Crippen molar-refractivity contribution in [2.45, 2.75) is 6.18 Å². The lowest BCUT2D eigenvalue weighted by atomic mass is 9.94. The number of aromatic nitrogens is 6. The predicted molar refractivity (Wildman–Crippen MR) is 212 cm³/mol. The third kappa shape index (κ3) is 5.13. The van der Waals surface area contributed by atoms with Crippen LogP contribution < -0.4 is 0 Å². The summed E-state index contributed by atoms with van der Waals surface area (Å²) in [5.74, 6) is 1.03. The summed E-state index contributed by atoms with van der Waals surface area (Å²) in [5.41, 5.74) is 4.90. The maximum atomic E-state index is 14.9. The minimum absolute atomic E-state index is 0.0442. The number of hydrogen-bond acceptors (Lipinski definition) is 5. The van der Waals surface area contributed by atoms with Gasteiger partial charge in [-0.2, -0.15) is 18.4 Å². The fourth-order valence-corrected chi connectivity index (χ4v) is 7.91. The molecule has 0 saturated carbocycles. The normalized spacial score (nSPS) is 11.8. The van der Waals surface area contributed by atoms with Crippen molar-refractivity contribution in [3.8, 4) is 51.3 Å². The largest absolute Gasteiger partial charge is 0.417 e. The van der Waals surface area contributed by atoms with Gasteiger partial charge in [0.05, 0.1) is 39.0 Å². The Kier molecular flexibility index (Phi) is 7.50. The van der Waals surface area contributed by atoms with E-state index in [1.54, 1.807) is 55.1 Å². The van der Waals surface area contributed by atoms with Crippen molar-refractivity contribution in [3.05, 3.63) is 169 Å². The predicted octanol–water partition coefficient (Wildman–Crippen LogP) is 11.4. The standard InChI is InChI=1S/C46H26F3N7/c47-46(48,49)37-12-4-1-9-30(37)35-19-20-40(55-38-13-5-2-10-31(38)33-17-15-28(25-41(33)55)44-51-21-7-22-52-44)36(27-50)43(35)56-39-14-6-3-11-32(39)34-18-16-29(26-42(34)56)45-53-23-8-24-54-45/h1-26H. The van der Waals surface area contributed by atoms with Gasteiger partial charge in [0.2, 0.25) is 0 Å². The number of alkyl halides is 3. The second-order valence-corrected chi connectivity index (χ2v) is 13.3. The molecule has 0 fully saturated rings. The van der Waals surface area contributed by atoms with E-state index in [1.807, 2.05) is 94.1 Å². The van der Waals surface area contributed by atoms with Crippen molar-refractivity contribution in [1.82, 2.24) is 29.1 Å². The van der Waals surface area contributed by atoms with Crippen LogP contribution in [0.25, 0.3) is 88.9 Å². The number of benzene rings is 6. The molecule has 4 aromatic heterocycles. The molecule has 0 saturated heterocycles. The average Bonchev–Trinajstić information content (AvgIpc) is 3.75. The van der Waals surface area contributed by atoms with Crippen LogP contribution in [0, 0.1) is 11.3 Å². The van der Waals surface area contributed by atoms with Crippen LogP contribution in [-0.4, -0.2) is 29.1 Å². The third-order valence-electron chi connectivity index (χ3n) is 10.3. The molecule has 0 N–H and O–H groups in total. The van der Waals surface area contributed by atoms with Crippen LogP contribution in [0.15, 0.2) is 158 Å². The Morgan fingerprint density at radius 2 is 0.982 bits per heavy atom. The zero-order chi connectivity index (χ0) is 38.0. The minimum Gasteiger partial charge on any atom is -0.308 e.